The molecule has 1 heterocycles. The molecule has 1 fully saturated rings. The minimum atomic E-state index is 0.260. The van der Waals surface area contributed by atoms with E-state index in [1.165, 1.54) is 0 Å². The lowest BCUT2D eigenvalue weighted by Crippen LogP contribution is -2.48. The normalized spacial score (nSPS) is 25.4. The van der Waals surface area contributed by atoms with E-state index in [0.717, 1.165) is 26.2 Å². The van der Waals surface area contributed by atoms with Gasteiger partial charge in [0.05, 0.1) is 19.8 Å². The largest absolute Gasteiger partial charge is 0.374 e. The van der Waals surface area contributed by atoms with E-state index in [1.807, 2.05) is 0 Å². The molecule has 0 aromatic carbocycles. The second kappa shape index (κ2) is 5.54. The zero-order chi connectivity index (χ0) is 9.68. The highest BCUT2D eigenvalue weighted by Gasteiger charge is 2.21. The third kappa shape index (κ3) is 3.60. The van der Waals surface area contributed by atoms with Gasteiger partial charge in [-0.25, -0.2) is 5.48 Å². The van der Waals surface area contributed by atoms with Gasteiger partial charge in [-0.15, -0.1) is 0 Å². The summed E-state index contributed by atoms with van der Waals surface area (Å²) >= 11 is 0. The zero-order valence-electron chi connectivity index (χ0n) is 8.75. The van der Waals surface area contributed by atoms with Gasteiger partial charge in [0, 0.05) is 25.7 Å². The molecule has 0 aliphatic carbocycles. The van der Waals surface area contributed by atoms with Gasteiger partial charge >= 0.3 is 0 Å². The average molecular weight is 188 g/mol. The predicted molar refractivity (Wildman–Crippen MR) is 51.5 cm³/mol. The lowest BCUT2D eigenvalue weighted by atomic mass is 10.2. The van der Waals surface area contributed by atoms with E-state index >= 15 is 0 Å². The highest BCUT2D eigenvalue weighted by atomic mass is 16.6. The maximum Gasteiger partial charge on any atom is 0.0850 e. The predicted octanol–water partition coefficient (Wildman–Crippen LogP) is 0.247. The molecule has 78 valence electrons. The van der Waals surface area contributed by atoms with Gasteiger partial charge in [0.25, 0.3) is 0 Å². The summed E-state index contributed by atoms with van der Waals surface area (Å²) in [7, 11) is 1.63. The van der Waals surface area contributed by atoms with Crippen molar-refractivity contribution in [2.24, 2.45) is 0 Å². The smallest absolute Gasteiger partial charge is 0.0850 e. The molecule has 1 aliphatic heterocycles. The van der Waals surface area contributed by atoms with E-state index < -0.39 is 0 Å². The highest BCUT2D eigenvalue weighted by molar-refractivity contribution is 4.74. The van der Waals surface area contributed by atoms with E-state index in [0.29, 0.717) is 6.04 Å². The summed E-state index contributed by atoms with van der Waals surface area (Å²) in [6.45, 7) is 8.06. The Morgan fingerprint density at radius 3 is 3.00 bits per heavy atom. The monoisotopic (exact) mass is 188 g/mol. The Morgan fingerprint density at radius 2 is 2.38 bits per heavy atom. The van der Waals surface area contributed by atoms with Crippen LogP contribution in [-0.4, -0.2) is 50.4 Å². The summed E-state index contributed by atoms with van der Waals surface area (Å²) in [5.41, 5.74) is 2.83. The number of nitrogens with zero attached hydrogens (tertiary/aromatic N) is 1. The molecule has 0 saturated carbocycles. The van der Waals surface area contributed by atoms with E-state index in [4.69, 9.17) is 9.57 Å². The van der Waals surface area contributed by atoms with Gasteiger partial charge < -0.3 is 9.57 Å². The van der Waals surface area contributed by atoms with Crippen LogP contribution in [0.3, 0.4) is 0 Å². The zero-order valence-corrected chi connectivity index (χ0v) is 8.75. The molecule has 1 N–H and O–H groups in total. The first-order chi connectivity index (χ1) is 6.24. The molecule has 1 rings (SSSR count). The number of rotatable bonds is 4. The Morgan fingerprint density at radius 1 is 1.62 bits per heavy atom. The van der Waals surface area contributed by atoms with Crippen molar-refractivity contribution >= 4 is 0 Å². The molecule has 4 nitrogen and oxygen atoms in total. The molecule has 0 amide bonds. The molecular weight excluding hydrogens is 168 g/mol. The van der Waals surface area contributed by atoms with Crippen molar-refractivity contribution in [2.45, 2.75) is 26.0 Å². The Bertz CT molecular complexity index is 142. The fraction of sp³-hybridized carbons (Fsp3) is 1.00. The maximum atomic E-state index is 5.58. The van der Waals surface area contributed by atoms with Crippen LogP contribution in [0.4, 0.5) is 0 Å². The number of hydroxylamine groups is 1. The van der Waals surface area contributed by atoms with Crippen LogP contribution in [0.1, 0.15) is 13.8 Å². The highest BCUT2D eigenvalue weighted by Crippen LogP contribution is 2.07. The lowest BCUT2D eigenvalue weighted by Gasteiger charge is -2.35. The van der Waals surface area contributed by atoms with Crippen LogP contribution in [0.5, 0.6) is 0 Å². The second-order valence-corrected chi connectivity index (χ2v) is 3.63. The Labute approximate surface area is 80.1 Å². The van der Waals surface area contributed by atoms with Crippen molar-refractivity contribution in [3.8, 4) is 0 Å². The summed E-state index contributed by atoms with van der Waals surface area (Å²) in [6.07, 6.45) is 0.260. The molecule has 0 spiro atoms. The SMILES string of the molecule is CONCC1CN(C(C)C)CCO1. The summed E-state index contributed by atoms with van der Waals surface area (Å²) in [6, 6.07) is 0.606. The third-order valence-corrected chi connectivity index (χ3v) is 2.36. The molecule has 1 atom stereocenters. The summed E-state index contributed by atoms with van der Waals surface area (Å²) < 4.78 is 5.58. The number of hydrogen-bond donors (Lipinski definition) is 1. The molecule has 0 aromatic rings. The minimum absolute atomic E-state index is 0.260. The van der Waals surface area contributed by atoms with Crippen LogP contribution in [0, 0.1) is 0 Å². The van der Waals surface area contributed by atoms with E-state index in [1.54, 1.807) is 7.11 Å². The van der Waals surface area contributed by atoms with Crippen LogP contribution in [0.15, 0.2) is 0 Å². The van der Waals surface area contributed by atoms with E-state index in [9.17, 15) is 0 Å². The fourth-order valence-corrected chi connectivity index (χ4v) is 1.51. The molecule has 0 bridgehead atoms. The molecule has 1 unspecified atom stereocenters. The number of ether oxygens (including phenoxy) is 1. The van der Waals surface area contributed by atoms with Gasteiger partial charge in [0.2, 0.25) is 0 Å². The second-order valence-electron chi connectivity index (χ2n) is 3.63. The van der Waals surface area contributed by atoms with Crippen molar-refractivity contribution in [1.82, 2.24) is 10.4 Å². The molecule has 0 aromatic heterocycles. The minimum Gasteiger partial charge on any atom is -0.374 e. The van der Waals surface area contributed by atoms with Gasteiger partial charge in [-0.3, -0.25) is 4.90 Å². The quantitative estimate of drug-likeness (QED) is 0.641. The number of hydrogen-bond acceptors (Lipinski definition) is 4. The molecule has 1 saturated heterocycles. The summed E-state index contributed by atoms with van der Waals surface area (Å²) in [4.78, 5) is 7.21. The van der Waals surface area contributed by atoms with Crippen molar-refractivity contribution in [3.63, 3.8) is 0 Å². The first kappa shape index (κ1) is 10.9. The van der Waals surface area contributed by atoms with Crippen LogP contribution < -0.4 is 5.48 Å². The Kier molecular flexibility index (Phi) is 4.66. The van der Waals surface area contributed by atoms with Crippen LogP contribution >= 0.6 is 0 Å². The first-order valence-electron chi connectivity index (χ1n) is 4.85. The number of morpholine rings is 1. The molecule has 13 heavy (non-hydrogen) atoms. The van der Waals surface area contributed by atoms with Gasteiger partial charge in [-0.2, -0.15) is 0 Å². The topological polar surface area (TPSA) is 33.7 Å². The van der Waals surface area contributed by atoms with E-state index in [-0.39, 0.29) is 6.10 Å². The van der Waals surface area contributed by atoms with Gasteiger partial charge in [-0.05, 0) is 13.8 Å². The summed E-state index contributed by atoms with van der Waals surface area (Å²) in [5, 5.41) is 0. The standard InChI is InChI=1S/C9H20N2O2/c1-8(2)11-4-5-13-9(7-11)6-10-12-3/h8-10H,4-7H2,1-3H3. The Balaban J connectivity index is 2.25. The van der Waals surface area contributed by atoms with E-state index in [2.05, 4.69) is 24.2 Å². The Hall–Kier alpha value is -0.160. The number of nitrogens with one attached hydrogen (secondary N) is 1. The average Bonchev–Trinajstić information content (AvgIpc) is 2.15. The lowest BCUT2D eigenvalue weighted by molar-refractivity contribution is -0.0561. The van der Waals surface area contributed by atoms with Crippen molar-refractivity contribution < 1.29 is 9.57 Å². The molecule has 0 radical (unpaired) electrons. The van der Waals surface area contributed by atoms with Crippen molar-refractivity contribution in [1.29, 1.82) is 0 Å². The van der Waals surface area contributed by atoms with Gasteiger partial charge in [-0.1, -0.05) is 0 Å². The fourth-order valence-electron chi connectivity index (χ4n) is 1.51. The van der Waals surface area contributed by atoms with Crippen LogP contribution in [0.2, 0.25) is 0 Å². The molecule has 1 aliphatic rings. The van der Waals surface area contributed by atoms with Gasteiger partial charge in [0.1, 0.15) is 0 Å². The van der Waals surface area contributed by atoms with Crippen molar-refractivity contribution in [3.05, 3.63) is 0 Å². The first-order valence-corrected chi connectivity index (χ1v) is 4.85. The molecular formula is C9H20N2O2. The van der Waals surface area contributed by atoms with Crippen LogP contribution in [0.25, 0.3) is 0 Å². The van der Waals surface area contributed by atoms with Gasteiger partial charge in [0.15, 0.2) is 0 Å². The molecule has 4 heteroatoms. The third-order valence-electron chi connectivity index (χ3n) is 2.36. The maximum absolute atomic E-state index is 5.58. The van der Waals surface area contributed by atoms with Crippen molar-refractivity contribution in [2.75, 3.05) is 33.4 Å². The van der Waals surface area contributed by atoms with Crippen LogP contribution in [-0.2, 0) is 9.57 Å². The summed E-state index contributed by atoms with van der Waals surface area (Å²) in [5.74, 6) is 0.